The summed E-state index contributed by atoms with van der Waals surface area (Å²) < 4.78 is 20.3. The molecule has 22 heavy (non-hydrogen) atoms. The maximum absolute atomic E-state index is 11.6. The van der Waals surface area contributed by atoms with Crippen LogP contribution >= 0.6 is 8.25 Å². The summed E-state index contributed by atoms with van der Waals surface area (Å²) in [6.07, 6.45) is -0.863. The first-order valence-electron chi connectivity index (χ1n) is 6.32. The van der Waals surface area contributed by atoms with E-state index in [2.05, 4.69) is 9.84 Å². The minimum absolute atomic E-state index is 0.200. The minimum Gasteiger partial charge on any atom is -0.481 e. The molecule has 0 heterocycles. The molecule has 3 N–H and O–H groups in total. The third-order valence-electron chi connectivity index (χ3n) is 2.89. The quantitative estimate of drug-likeness (QED) is 0.558. The van der Waals surface area contributed by atoms with Crippen LogP contribution in [0.1, 0.15) is 12.8 Å². The number of carboxylic acid groups (broad SMARTS) is 2. The summed E-state index contributed by atoms with van der Waals surface area (Å²) in [4.78, 5) is 22.7. The number of hydrogen-bond donors (Lipinski definition) is 3. The third kappa shape index (κ3) is 5.40. The Balaban J connectivity index is 2.93. The molecule has 2 atom stereocenters. The molecule has 0 saturated heterocycles. The van der Waals surface area contributed by atoms with Crippen LogP contribution in [0.3, 0.4) is 0 Å². The van der Waals surface area contributed by atoms with Gasteiger partial charge in [-0.1, -0.05) is 18.2 Å². The SMILES string of the molecule is CO[P+](=O)OCCC(CC(=O)O)(Nc1ccccc1)C(=O)O. The van der Waals surface area contributed by atoms with Gasteiger partial charge in [-0.2, -0.15) is 0 Å². The van der Waals surface area contributed by atoms with E-state index in [9.17, 15) is 19.3 Å². The first-order chi connectivity index (χ1) is 10.4. The normalized spacial score (nSPS) is 14.0. The molecule has 0 aliphatic rings. The molecule has 9 heteroatoms. The van der Waals surface area contributed by atoms with Crippen LogP contribution in [0.5, 0.6) is 0 Å². The lowest BCUT2D eigenvalue weighted by molar-refractivity contribution is -0.149. The van der Waals surface area contributed by atoms with Crippen LogP contribution in [-0.4, -0.2) is 41.4 Å². The summed E-state index contributed by atoms with van der Waals surface area (Å²) in [7, 11) is -1.17. The smallest absolute Gasteiger partial charge is 0.481 e. The summed E-state index contributed by atoms with van der Waals surface area (Å²) in [5.41, 5.74) is -1.32. The number of hydrogen-bond acceptors (Lipinski definition) is 6. The van der Waals surface area contributed by atoms with Gasteiger partial charge >= 0.3 is 20.2 Å². The standard InChI is InChI=1S/C13H16NO7P/c1-20-22(19)21-8-7-13(12(17)18,9-11(15)16)14-10-5-3-2-4-6-10/h2-6,14H,7-9H2,1H3,(H-,15,16,17,18)/p+1. The average Bonchev–Trinajstić information content (AvgIpc) is 2.47. The lowest BCUT2D eigenvalue weighted by Gasteiger charge is -2.29. The van der Waals surface area contributed by atoms with E-state index in [0.29, 0.717) is 5.69 Å². The maximum atomic E-state index is 11.6. The zero-order valence-corrected chi connectivity index (χ0v) is 12.8. The molecule has 8 nitrogen and oxygen atoms in total. The molecule has 0 bridgehead atoms. The van der Waals surface area contributed by atoms with Gasteiger partial charge in [0, 0.05) is 16.7 Å². The van der Waals surface area contributed by atoms with Gasteiger partial charge in [0.25, 0.3) is 0 Å². The zero-order chi connectivity index (χ0) is 16.6. The largest absolute Gasteiger partial charge is 0.697 e. The highest BCUT2D eigenvalue weighted by Crippen LogP contribution is 2.27. The Labute approximate surface area is 128 Å². The van der Waals surface area contributed by atoms with Crippen LogP contribution in [0.4, 0.5) is 5.69 Å². The Hall–Kier alpha value is -2.02. The monoisotopic (exact) mass is 330 g/mol. The Kier molecular flexibility index (Phi) is 6.91. The number of carbonyl (C=O) groups is 2. The van der Waals surface area contributed by atoms with Crippen LogP contribution in [0.2, 0.25) is 0 Å². The summed E-state index contributed by atoms with van der Waals surface area (Å²) in [5.74, 6) is -2.61. The van der Waals surface area contributed by atoms with Crippen molar-refractivity contribution in [3.8, 4) is 0 Å². The second-order valence-corrected chi connectivity index (χ2v) is 5.51. The number of rotatable bonds is 10. The molecule has 0 amide bonds. The van der Waals surface area contributed by atoms with Crippen LogP contribution in [0, 0.1) is 0 Å². The Bertz CT molecular complexity index is 536. The molecule has 1 rings (SSSR count). The predicted octanol–water partition coefficient (Wildman–Crippen LogP) is 2.11. The first kappa shape index (κ1) is 18.0. The van der Waals surface area contributed by atoms with E-state index < -0.39 is 32.2 Å². The number of nitrogens with one attached hydrogen (secondary N) is 1. The molecular formula is C13H17NO7P+. The Morgan fingerprint density at radius 1 is 1.27 bits per heavy atom. The molecule has 0 aliphatic heterocycles. The van der Waals surface area contributed by atoms with Gasteiger partial charge in [0.1, 0.15) is 12.1 Å². The van der Waals surface area contributed by atoms with Crippen molar-refractivity contribution in [1.29, 1.82) is 0 Å². The number of carboxylic acids is 2. The summed E-state index contributed by atoms with van der Waals surface area (Å²) in [6.45, 7) is -0.234. The summed E-state index contributed by atoms with van der Waals surface area (Å²) in [6, 6.07) is 8.37. The van der Waals surface area contributed by atoms with E-state index in [1.165, 1.54) is 7.11 Å². The van der Waals surface area contributed by atoms with Crippen LogP contribution < -0.4 is 5.32 Å². The summed E-state index contributed by atoms with van der Waals surface area (Å²) in [5, 5.41) is 21.2. The number of aliphatic carboxylic acids is 2. The molecule has 0 spiro atoms. The van der Waals surface area contributed by atoms with Crippen LogP contribution in [0.15, 0.2) is 30.3 Å². The van der Waals surface area contributed by atoms with Gasteiger partial charge in [0.05, 0.1) is 13.5 Å². The van der Waals surface area contributed by atoms with Gasteiger partial charge in [0.15, 0.2) is 0 Å². The van der Waals surface area contributed by atoms with Crippen molar-refractivity contribution in [2.45, 2.75) is 18.4 Å². The van der Waals surface area contributed by atoms with Gasteiger partial charge in [-0.25, -0.2) is 4.79 Å². The fraction of sp³-hybridized carbons (Fsp3) is 0.385. The average molecular weight is 330 g/mol. The number of para-hydroxylation sites is 1. The molecule has 1 aromatic rings. The molecule has 0 radical (unpaired) electrons. The van der Waals surface area contributed by atoms with E-state index in [0.717, 1.165) is 0 Å². The fourth-order valence-corrected chi connectivity index (χ4v) is 2.18. The Morgan fingerprint density at radius 2 is 1.91 bits per heavy atom. The van der Waals surface area contributed by atoms with Gasteiger partial charge in [0.2, 0.25) is 0 Å². The van der Waals surface area contributed by atoms with Crippen LogP contribution in [-0.2, 0) is 23.2 Å². The van der Waals surface area contributed by atoms with Crippen LogP contribution in [0.25, 0.3) is 0 Å². The molecule has 0 fully saturated rings. The lowest BCUT2D eigenvalue weighted by Crippen LogP contribution is -2.49. The molecule has 0 saturated carbocycles. The highest BCUT2D eigenvalue weighted by molar-refractivity contribution is 7.33. The molecule has 120 valence electrons. The van der Waals surface area contributed by atoms with Gasteiger partial charge in [-0.15, -0.1) is 9.05 Å². The maximum Gasteiger partial charge on any atom is 0.697 e. The number of benzene rings is 1. The second kappa shape index (κ2) is 8.43. The van der Waals surface area contributed by atoms with Crippen molar-refractivity contribution < 1.29 is 33.4 Å². The molecular weight excluding hydrogens is 313 g/mol. The molecule has 1 aromatic carbocycles. The van der Waals surface area contributed by atoms with E-state index in [4.69, 9.17) is 9.63 Å². The predicted molar refractivity (Wildman–Crippen MR) is 77.9 cm³/mol. The van der Waals surface area contributed by atoms with Gasteiger partial charge in [-0.05, 0) is 12.1 Å². The first-order valence-corrected chi connectivity index (χ1v) is 7.42. The highest BCUT2D eigenvalue weighted by Gasteiger charge is 2.41. The Morgan fingerprint density at radius 3 is 2.41 bits per heavy atom. The van der Waals surface area contributed by atoms with Crippen molar-refractivity contribution in [3.63, 3.8) is 0 Å². The fourth-order valence-electron chi connectivity index (χ4n) is 1.83. The topological polar surface area (TPSA) is 122 Å². The molecule has 0 aliphatic carbocycles. The van der Waals surface area contributed by atoms with Gasteiger partial charge < -0.3 is 15.5 Å². The van der Waals surface area contributed by atoms with Gasteiger partial charge in [-0.3, -0.25) is 4.79 Å². The molecule has 2 unspecified atom stereocenters. The van der Waals surface area contributed by atoms with E-state index >= 15 is 0 Å². The zero-order valence-electron chi connectivity index (χ0n) is 11.9. The number of anilines is 1. The van der Waals surface area contributed by atoms with Crippen molar-refractivity contribution in [1.82, 2.24) is 0 Å². The van der Waals surface area contributed by atoms with Crippen molar-refractivity contribution >= 4 is 25.9 Å². The third-order valence-corrected chi connectivity index (χ3v) is 3.59. The van der Waals surface area contributed by atoms with E-state index in [-0.39, 0.29) is 13.0 Å². The van der Waals surface area contributed by atoms with E-state index in [1.807, 2.05) is 0 Å². The lowest BCUT2D eigenvalue weighted by atomic mass is 9.91. The molecule has 0 aromatic heterocycles. The van der Waals surface area contributed by atoms with Crippen molar-refractivity contribution in [2.75, 3.05) is 19.0 Å². The van der Waals surface area contributed by atoms with E-state index in [1.54, 1.807) is 30.3 Å². The second-order valence-electron chi connectivity index (χ2n) is 4.44. The van der Waals surface area contributed by atoms with Crippen molar-refractivity contribution in [3.05, 3.63) is 30.3 Å². The van der Waals surface area contributed by atoms with Crippen molar-refractivity contribution in [2.24, 2.45) is 0 Å². The summed E-state index contributed by atoms with van der Waals surface area (Å²) >= 11 is 0. The highest BCUT2D eigenvalue weighted by atomic mass is 31.1. The minimum atomic E-state index is -2.35.